The first-order chi connectivity index (χ1) is 33.7. The Labute approximate surface area is 433 Å². The van der Waals surface area contributed by atoms with Crippen LogP contribution in [-0.2, 0) is 75.8 Å². The molecule has 12 N–H and O–H groups in total. The number of nitrogens with zero attached hydrogens (tertiary/aromatic N) is 6. The van der Waals surface area contributed by atoms with E-state index in [2.05, 4.69) is 0 Å². The zero-order chi connectivity index (χ0) is 58.7. The molecule has 0 radical (unpaired) electrons. The first-order valence-corrected chi connectivity index (χ1v) is 32.8. The molecule has 6 amide bonds. The number of hydrogen-bond acceptors (Lipinski definition) is 12. The maximum absolute atomic E-state index is 13.3. The fourth-order valence-electron chi connectivity index (χ4n) is 8.02. The number of rotatable bonds is 30. The molecular weight excluding hydrogens is 1120 g/mol. The van der Waals surface area contributed by atoms with Crippen LogP contribution in [0.3, 0.4) is 0 Å². The molecule has 0 aliphatic heterocycles. The number of carbonyl (C=O) groups is 6. The fourth-order valence-corrected chi connectivity index (χ4v) is 15.2. The van der Waals surface area contributed by atoms with Gasteiger partial charge in [-0.05, 0) is 73.4 Å². The SMILES string of the molecule is CC(=O)N(CCCN(CC(P(=O)(O)O)P(=O)(O)O)C(C)=O)Cc1c(C)c(CN(CCCN(CC(P(=O)(O)O)P(=O)(O)O)C(C)=O)C(C)=O)c(C)c(CN(CCCN(CC(P(=O)(O)O)P(=O)(O)O)C(C)=O)C(C)=O)c1C. The van der Waals surface area contributed by atoms with Crippen LogP contribution in [0.25, 0.3) is 0 Å². The number of hydrogen-bond donors (Lipinski definition) is 12. The minimum absolute atomic E-state index is 0.0746. The van der Waals surface area contributed by atoms with Gasteiger partial charge in [-0.3, -0.25) is 56.2 Å². The zero-order valence-electron chi connectivity index (χ0n) is 43.0. The smallest absolute Gasteiger partial charge is 0.341 e. The van der Waals surface area contributed by atoms with Gasteiger partial charge in [0.1, 0.15) is 0 Å². The van der Waals surface area contributed by atoms with Crippen molar-refractivity contribution >= 4 is 81.0 Å². The summed E-state index contributed by atoms with van der Waals surface area (Å²) in [5.74, 6) is -3.92. The third-order valence-corrected chi connectivity index (χ3v) is 23.5. The summed E-state index contributed by atoms with van der Waals surface area (Å²) in [6.07, 6.45) is -0.224. The molecule has 0 bridgehead atoms. The van der Waals surface area contributed by atoms with E-state index in [1.54, 1.807) is 20.8 Å². The summed E-state index contributed by atoms with van der Waals surface area (Å²) in [7, 11) is -32.6. The second kappa shape index (κ2) is 28.2. The predicted octanol–water partition coefficient (Wildman–Crippen LogP) is 0.418. The highest BCUT2D eigenvalue weighted by atomic mass is 31.2. The molecule has 1 aromatic carbocycles. The van der Waals surface area contributed by atoms with Gasteiger partial charge in [0, 0.05) is 120 Å². The van der Waals surface area contributed by atoms with Crippen LogP contribution in [0.2, 0.25) is 0 Å². The van der Waals surface area contributed by atoms with Crippen LogP contribution >= 0.6 is 45.6 Å². The molecule has 432 valence electrons. The third kappa shape index (κ3) is 22.3. The first kappa shape index (κ1) is 70.0. The van der Waals surface area contributed by atoms with Crippen LogP contribution < -0.4 is 0 Å². The van der Waals surface area contributed by atoms with E-state index in [-0.39, 0.29) is 78.2 Å². The van der Waals surface area contributed by atoms with Crippen LogP contribution in [-0.4, -0.2) is 199 Å². The highest BCUT2D eigenvalue weighted by molar-refractivity contribution is 7.71. The molecule has 0 aliphatic carbocycles. The molecular formula is C39H72N6O24P6. The summed E-state index contributed by atoms with van der Waals surface area (Å²) >= 11 is 0. The Balaban J connectivity index is 3.91. The van der Waals surface area contributed by atoms with Gasteiger partial charge in [0.25, 0.3) is 0 Å². The van der Waals surface area contributed by atoms with Crippen molar-refractivity contribution in [1.29, 1.82) is 0 Å². The lowest BCUT2D eigenvalue weighted by atomic mass is 9.87. The topological polar surface area (TPSA) is 467 Å². The molecule has 1 aromatic rings. The van der Waals surface area contributed by atoms with Crippen molar-refractivity contribution in [1.82, 2.24) is 29.4 Å². The molecule has 0 heterocycles. The van der Waals surface area contributed by atoms with E-state index in [4.69, 9.17) is 0 Å². The monoisotopic (exact) mass is 1190 g/mol. The molecule has 36 heteroatoms. The van der Waals surface area contributed by atoms with E-state index in [0.717, 1.165) is 35.5 Å². The van der Waals surface area contributed by atoms with Crippen LogP contribution in [0.15, 0.2) is 0 Å². The second-order valence-electron chi connectivity index (χ2n) is 18.1. The third-order valence-electron chi connectivity index (χ3n) is 12.5. The molecule has 0 saturated heterocycles. The molecule has 30 nitrogen and oxygen atoms in total. The molecule has 1 rings (SSSR count). The summed E-state index contributed by atoms with van der Waals surface area (Å²) in [5, 5.41) is -7.59. The Kier molecular flexibility index (Phi) is 26.3. The number of benzene rings is 1. The predicted molar refractivity (Wildman–Crippen MR) is 268 cm³/mol. The molecule has 0 atom stereocenters. The Morgan fingerprint density at radius 1 is 0.320 bits per heavy atom. The van der Waals surface area contributed by atoms with Crippen molar-refractivity contribution in [2.24, 2.45) is 0 Å². The standard InChI is InChI=1S/C39H72N6O24P6/c1-25-34(19-40(28(4)46)13-10-16-43(31(7)49)22-37(70(52,53)54)71(55,56)57)26(2)36(21-42(30(6)48)15-12-18-45(33(9)51)24-39(74(64,65)66)75(67,68)69)27(3)35(25)20-41(29(5)47)14-11-17-44(32(8)50)23-38(72(58,59)60)73(61,62)63/h37-39H,10-24H2,1-9H3,(H2,52,53,54)(H2,55,56,57)(H2,58,59,60)(H2,61,62,63)(H2,64,65,66)(H2,67,68,69). The normalized spacial score (nSPS) is 12.8. The van der Waals surface area contributed by atoms with Gasteiger partial charge >= 0.3 is 45.6 Å². The first-order valence-electron chi connectivity index (χ1n) is 22.7. The van der Waals surface area contributed by atoms with Crippen LogP contribution in [0.1, 0.15) is 94.2 Å². The van der Waals surface area contributed by atoms with Crippen LogP contribution in [0.4, 0.5) is 0 Å². The van der Waals surface area contributed by atoms with Gasteiger partial charge in [0.2, 0.25) is 35.4 Å². The quantitative estimate of drug-likeness (QED) is 0.0464. The summed E-state index contributed by atoms with van der Waals surface area (Å²) < 4.78 is 72.0. The van der Waals surface area contributed by atoms with E-state index in [0.29, 0.717) is 33.4 Å². The van der Waals surface area contributed by atoms with Gasteiger partial charge in [0.05, 0.1) is 0 Å². The average Bonchev–Trinajstić information content (AvgIpc) is 3.20. The van der Waals surface area contributed by atoms with Gasteiger partial charge in [-0.15, -0.1) is 0 Å². The minimum atomic E-state index is -5.43. The van der Waals surface area contributed by atoms with E-state index in [9.17, 15) is 115 Å². The van der Waals surface area contributed by atoms with Crippen molar-refractivity contribution in [3.05, 3.63) is 33.4 Å². The van der Waals surface area contributed by atoms with Crippen LogP contribution in [0, 0.1) is 20.8 Å². The Hall–Kier alpha value is -3.06. The summed E-state index contributed by atoms with van der Waals surface area (Å²) in [6.45, 7) is 6.75. The van der Waals surface area contributed by atoms with E-state index in [1.807, 2.05) is 0 Å². The molecule has 0 unspecified atom stereocenters. The molecule has 75 heavy (non-hydrogen) atoms. The zero-order valence-corrected chi connectivity index (χ0v) is 48.3. The van der Waals surface area contributed by atoms with Crippen molar-refractivity contribution in [3.63, 3.8) is 0 Å². The lowest BCUT2D eigenvalue weighted by Gasteiger charge is -2.32. The fraction of sp³-hybridized carbons (Fsp3) is 0.692. The summed E-state index contributed by atoms with van der Waals surface area (Å²) in [4.78, 5) is 200. The molecule has 0 saturated carbocycles. The minimum Gasteiger partial charge on any atom is -0.341 e. The highest BCUT2D eigenvalue weighted by Crippen LogP contribution is 2.61. The molecule has 0 aliphatic rings. The van der Waals surface area contributed by atoms with Gasteiger partial charge in [-0.25, -0.2) is 0 Å². The van der Waals surface area contributed by atoms with Crippen molar-refractivity contribution in [2.75, 3.05) is 58.9 Å². The van der Waals surface area contributed by atoms with Crippen molar-refractivity contribution < 1.29 is 115 Å². The summed E-state index contributed by atoms with van der Waals surface area (Å²) in [6, 6.07) is 0. The number of carbonyl (C=O) groups excluding carboxylic acids is 6. The highest BCUT2D eigenvalue weighted by Gasteiger charge is 2.47. The van der Waals surface area contributed by atoms with Gasteiger partial charge in [0.15, 0.2) is 16.2 Å². The van der Waals surface area contributed by atoms with E-state index < -0.39 is 117 Å². The van der Waals surface area contributed by atoms with E-state index >= 15 is 0 Å². The maximum Gasteiger partial charge on any atom is 0.342 e. The molecule has 0 aromatic heterocycles. The van der Waals surface area contributed by atoms with Crippen molar-refractivity contribution in [3.8, 4) is 0 Å². The number of amides is 6. The van der Waals surface area contributed by atoms with Gasteiger partial charge in [-0.2, -0.15) is 0 Å². The Morgan fingerprint density at radius 3 is 0.600 bits per heavy atom. The molecule has 0 fully saturated rings. The lowest BCUT2D eigenvalue weighted by Crippen LogP contribution is -2.39. The van der Waals surface area contributed by atoms with Gasteiger partial charge < -0.3 is 88.1 Å². The Bertz CT molecular complexity index is 2190. The largest absolute Gasteiger partial charge is 0.342 e. The maximum atomic E-state index is 13.3. The average molecular weight is 1190 g/mol. The Morgan fingerprint density at radius 2 is 0.467 bits per heavy atom. The van der Waals surface area contributed by atoms with Gasteiger partial charge in [-0.1, -0.05) is 0 Å². The lowest BCUT2D eigenvalue weighted by molar-refractivity contribution is -0.131. The second-order valence-corrected chi connectivity index (χ2v) is 30.1. The van der Waals surface area contributed by atoms with E-state index in [1.165, 1.54) is 35.5 Å². The molecule has 0 spiro atoms. The van der Waals surface area contributed by atoms with Crippen molar-refractivity contribution in [2.45, 2.75) is 117 Å². The van der Waals surface area contributed by atoms with Crippen LogP contribution in [0.5, 0.6) is 0 Å². The summed E-state index contributed by atoms with van der Waals surface area (Å²) in [5.41, 5.74) is 3.01.